The van der Waals surface area contributed by atoms with Crippen LogP contribution in [0.1, 0.15) is 77.1 Å². The van der Waals surface area contributed by atoms with Gasteiger partial charge in [-0.05, 0) is 89.1 Å². The Kier molecular flexibility index (Phi) is 16.3. The van der Waals surface area contributed by atoms with Crippen molar-refractivity contribution in [2.75, 3.05) is 7.05 Å². The fourth-order valence-electron chi connectivity index (χ4n) is 2.66. The lowest BCUT2D eigenvalue weighted by Gasteiger charge is -2.25. The number of alkyl halides is 1. The second-order valence-electron chi connectivity index (χ2n) is 10.2. The van der Waals surface area contributed by atoms with Gasteiger partial charge in [0.25, 0.3) is 0 Å². The second kappa shape index (κ2) is 17.3. The molecule has 0 bridgehead atoms. The highest BCUT2D eigenvalue weighted by molar-refractivity contribution is 9.10. The summed E-state index contributed by atoms with van der Waals surface area (Å²) in [5.74, 6) is -0.137. The predicted octanol–water partition coefficient (Wildman–Crippen LogP) is 8.64. The summed E-state index contributed by atoms with van der Waals surface area (Å²) >= 11 is 10.0. The van der Waals surface area contributed by atoms with Gasteiger partial charge in [-0.3, -0.25) is 4.79 Å². The highest BCUT2D eigenvalue weighted by Crippen LogP contribution is 2.19. The van der Waals surface area contributed by atoms with Crippen molar-refractivity contribution in [2.24, 2.45) is 0 Å². The molecule has 0 saturated carbocycles. The minimum atomic E-state index is -0.527. The molecule has 0 aliphatic carbocycles. The summed E-state index contributed by atoms with van der Waals surface area (Å²) in [4.78, 5) is 23.9. The minimum absolute atomic E-state index is 0.137. The van der Waals surface area contributed by atoms with Crippen LogP contribution in [-0.2, 0) is 26.1 Å². The maximum atomic E-state index is 11.9. The van der Waals surface area contributed by atoms with E-state index in [1.54, 1.807) is 32.2 Å². The minimum Gasteiger partial charge on any atom is -0.460 e. The Hall–Kier alpha value is -2.40. The van der Waals surface area contributed by atoms with Gasteiger partial charge in [-0.15, -0.1) is 0 Å². The first-order valence-electron chi connectivity index (χ1n) is 12.0. The zero-order chi connectivity index (χ0) is 30.4. The summed E-state index contributed by atoms with van der Waals surface area (Å²) < 4.78 is 12.1. The molecule has 2 aromatic carbocycles. The summed E-state index contributed by atoms with van der Waals surface area (Å²) in [6.45, 7) is 13.2. The van der Waals surface area contributed by atoms with Crippen molar-refractivity contribution in [1.29, 1.82) is 10.5 Å². The van der Waals surface area contributed by atoms with Crippen LogP contribution in [0.15, 0.2) is 45.3 Å². The number of rotatable bonds is 4. The molecule has 0 aliphatic rings. The average Bonchev–Trinajstić information content (AvgIpc) is 2.82. The summed E-state index contributed by atoms with van der Waals surface area (Å²) in [5, 5.41) is 18.4. The molecule has 0 fully saturated rings. The van der Waals surface area contributed by atoms with Crippen molar-refractivity contribution in [2.45, 2.75) is 78.0 Å². The van der Waals surface area contributed by atoms with E-state index >= 15 is 0 Å². The molecule has 0 aromatic heterocycles. The van der Waals surface area contributed by atoms with Gasteiger partial charge in [0.05, 0.1) is 29.8 Å². The lowest BCUT2D eigenvalue weighted by Crippen LogP contribution is -2.34. The SMILES string of the molecule is CCC(=O)OC(C)(C)C.CN(Cc1cc(Br)ccc1C#N)C(=O)OC(C)(C)C.N#Cc1ccc(Br)cc1CBr. The normalized spacial score (nSPS) is 10.4. The van der Waals surface area contributed by atoms with Gasteiger partial charge < -0.3 is 14.4 Å². The molecule has 212 valence electrons. The maximum Gasteiger partial charge on any atom is 0.410 e. The Morgan fingerprint density at radius 2 is 1.28 bits per heavy atom. The van der Waals surface area contributed by atoms with E-state index < -0.39 is 11.7 Å². The van der Waals surface area contributed by atoms with E-state index in [2.05, 4.69) is 59.9 Å². The molecule has 1 amide bonds. The number of ether oxygens (including phenoxy) is 2. The summed E-state index contributed by atoms with van der Waals surface area (Å²) in [6.07, 6.45) is 0.0495. The molecule has 0 N–H and O–H groups in total. The van der Waals surface area contributed by atoms with Gasteiger partial charge >= 0.3 is 12.1 Å². The van der Waals surface area contributed by atoms with Crippen LogP contribution in [0.25, 0.3) is 0 Å². The number of benzene rings is 2. The fourth-order valence-corrected chi connectivity index (χ4v) is 3.94. The summed E-state index contributed by atoms with van der Waals surface area (Å²) in [7, 11) is 1.65. The van der Waals surface area contributed by atoms with E-state index in [9.17, 15) is 9.59 Å². The van der Waals surface area contributed by atoms with Crippen molar-refractivity contribution in [3.05, 3.63) is 67.6 Å². The molecule has 10 heteroatoms. The quantitative estimate of drug-likeness (QED) is 0.231. The average molecular weight is 730 g/mol. The number of carbonyl (C=O) groups excluding carboxylic acids is 2. The number of amides is 1. The molecule has 0 unspecified atom stereocenters. The van der Waals surface area contributed by atoms with Gasteiger partial charge in [0.2, 0.25) is 0 Å². The van der Waals surface area contributed by atoms with E-state index in [1.807, 2.05) is 59.7 Å². The van der Waals surface area contributed by atoms with Crippen LogP contribution >= 0.6 is 47.8 Å². The predicted molar refractivity (Wildman–Crippen MR) is 164 cm³/mol. The van der Waals surface area contributed by atoms with Crippen molar-refractivity contribution in [3.8, 4) is 12.1 Å². The molecule has 0 spiro atoms. The van der Waals surface area contributed by atoms with Crippen LogP contribution in [0.2, 0.25) is 0 Å². The number of carbonyl (C=O) groups is 2. The van der Waals surface area contributed by atoms with Crippen LogP contribution in [0.4, 0.5) is 4.79 Å². The lowest BCUT2D eigenvalue weighted by molar-refractivity contribution is -0.154. The third kappa shape index (κ3) is 16.3. The molecule has 0 aliphatic heterocycles. The van der Waals surface area contributed by atoms with Crippen LogP contribution in [0, 0.1) is 22.7 Å². The Labute approximate surface area is 257 Å². The molecular formula is C29H36Br3N3O4. The van der Waals surface area contributed by atoms with Crippen LogP contribution in [0.5, 0.6) is 0 Å². The van der Waals surface area contributed by atoms with Gasteiger partial charge in [0.1, 0.15) is 11.2 Å². The molecule has 39 heavy (non-hydrogen) atoms. The van der Waals surface area contributed by atoms with E-state index in [0.717, 1.165) is 31.0 Å². The first-order chi connectivity index (χ1) is 18.0. The zero-order valence-corrected chi connectivity index (χ0v) is 28.5. The van der Waals surface area contributed by atoms with Crippen molar-refractivity contribution in [1.82, 2.24) is 4.90 Å². The van der Waals surface area contributed by atoms with E-state index in [1.165, 1.54) is 4.90 Å². The van der Waals surface area contributed by atoms with Gasteiger partial charge in [0, 0.05) is 27.7 Å². The fraction of sp³-hybridized carbons (Fsp3) is 0.448. The standard InChI is InChI=1S/C14H17BrN2O2.C8H5Br2N.C7H14O2/c1-14(2,3)19-13(18)17(4)9-11-7-12(15)6-5-10(11)8-16;9-4-7-3-8(10)2-1-6(7)5-11;1-5-6(8)9-7(2,3)4/h5-7H,9H2,1-4H3;1-3H,4H2;5H2,1-4H3. The van der Waals surface area contributed by atoms with Crippen LogP contribution in [0.3, 0.4) is 0 Å². The monoisotopic (exact) mass is 727 g/mol. The molecule has 7 nitrogen and oxygen atoms in total. The van der Waals surface area contributed by atoms with Crippen molar-refractivity contribution < 1.29 is 19.1 Å². The van der Waals surface area contributed by atoms with Gasteiger partial charge in [0.15, 0.2) is 0 Å². The molecule has 2 rings (SSSR count). The summed E-state index contributed by atoms with van der Waals surface area (Å²) in [6, 6.07) is 15.2. The highest BCUT2D eigenvalue weighted by Gasteiger charge is 2.20. The topological polar surface area (TPSA) is 103 Å². The van der Waals surface area contributed by atoms with Crippen molar-refractivity contribution in [3.63, 3.8) is 0 Å². The zero-order valence-electron chi connectivity index (χ0n) is 23.7. The first kappa shape index (κ1) is 36.6. The molecule has 0 radical (unpaired) electrons. The van der Waals surface area contributed by atoms with Gasteiger partial charge in [-0.2, -0.15) is 10.5 Å². The van der Waals surface area contributed by atoms with E-state index in [-0.39, 0.29) is 11.6 Å². The lowest BCUT2D eigenvalue weighted by atomic mass is 10.1. The maximum absolute atomic E-state index is 11.9. The van der Waals surface area contributed by atoms with Crippen molar-refractivity contribution >= 4 is 59.9 Å². The van der Waals surface area contributed by atoms with E-state index in [4.69, 9.17) is 20.0 Å². The van der Waals surface area contributed by atoms with Crippen LogP contribution < -0.4 is 0 Å². The third-order valence-electron chi connectivity index (χ3n) is 4.34. The number of halogens is 3. The molecule has 0 atom stereocenters. The Bertz CT molecular complexity index is 1190. The Morgan fingerprint density at radius 1 is 0.846 bits per heavy atom. The number of esters is 1. The van der Waals surface area contributed by atoms with Gasteiger partial charge in [-0.1, -0.05) is 54.7 Å². The Morgan fingerprint density at radius 3 is 1.64 bits per heavy atom. The molecule has 0 heterocycles. The molecule has 0 saturated heterocycles. The Balaban J connectivity index is 0.000000612. The van der Waals surface area contributed by atoms with E-state index in [0.29, 0.717) is 18.5 Å². The smallest absolute Gasteiger partial charge is 0.410 e. The number of hydrogen-bond acceptors (Lipinski definition) is 6. The number of hydrogen-bond donors (Lipinski definition) is 0. The number of nitriles is 2. The highest BCUT2D eigenvalue weighted by atomic mass is 79.9. The summed E-state index contributed by atoms with van der Waals surface area (Å²) in [5.41, 5.74) is 2.23. The largest absolute Gasteiger partial charge is 0.460 e. The van der Waals surface area contributed by atoms with Gasteiger partial charge in [-0.25, -0.2) is 4.79 Å². The van der Waals surface area contributed by atoms with Crippen LogP contribution in [-0.4, -0.2) is 35.2 Å². The second-order valence-corrected chi connectivity index (χ2v) is 12.6. The molecular weight excluding hydrogens is 694 g/mol. The number of nitrogens with zero attached hydrogens (tertiary/aromatic N) is 3. The third-order valence-corrected chi connectivity index (χ3v) is 5.93. The first-order valence-corrected chi connectivity index (χ1v) is 14.8. The molecule has 2 aromatic rings.